The van der Waals surface area contributed by atoms with Crippen molar-refractivity contribution in [1.29, 1.82) is 0 Å². The number of aromatic nitrogens is 3. The Bertz CT molecular complexity index is 502. The van der Waals surface area contributed by atoms with Gasteiger partial charge in [-0.05, 0) is 19.3 Å². The maximum Gasteiger partial charge on any atom is 0.315 e. The molecule has 0 spiro atoms. The van der Waals surface area contributed by atoms with Crippen molar-refractivity contribution in [3.05, 3.63) is 11.6 Å². The molecule has 0 bridgehead atoms. The summed E-state index contributed by atoms with van der Waals surface area (Å²) < 4.78 is 2.08. The number of hydrogen-bond donors (Lipinski definition) is 3. The van der Waals surface area contributed by atoms with Gasteiger partial charge in [0.1, 0.15) is 5.82 Å². The molecule has 2 heterocycles. The van der Waals surface area contributed by atoms with Crippen molar-refractivity contribution in [2.45, 2.75) is 57.7 Å². The van der Waals surface area contributed by atoms with Crippen LogP contribution in [0.4, 0.5) is 4.79 Å². The first-order chi connectivity index (χ1) is 10.3. The summed E-state index contributed by atoms with van der Waals surface area (Å²) in [7, 11) is 0. The quantitative estimate of drug-likeness (QED) is 0.757. The molecule has 116 valence electrons. The van der Waals surface area contributed by atoms with Gasteiger partial charge in [0.05, 0.1) is 6.54 Å². The number of aliphatic hydroxyl groups is 1. The van der Waals surface area contributed by atoms with Gasteiger partial charge in [-0.1, -0.05) is 12.8 Å². The maximum absolute atomic E-state index is 12.0. The van der Waals surface area contributed by atoms with Crippen molar-refractivity contribution in [2.75, 3.05) is 6.61 Å². The van der Waals surface area contributed by atoms with Gasteiger partial charge in [-0.3, -0.25) is 0 Å². The largest absolute Gasteiger partial charge is 0.396 e. The molecule has 1 saturated carbocycles. The van der Waals surface area contributed by atoms with Gasteiger partial charge >= 0.3 is 6.03 Å². The number of amides is 2. The summed E-state index contributed by atoms with van der Waals surface area (Å²) in [5, 5.41) is 23.4. The number of fused-ring (bicyclic) bond motifs is 1. The standard InChI is InChI=1S/C14H23N5O2/c20-9-10-4-1-2-5-11(10)16-14(21)15-8-13-18-17-12-6-3-7-19(12)13/h10-11,20H,1-9H2,(H2,15,16,21). The molecule has 1 fully saturated rings. The minimum atomic E-state index is -0.185. The van der Waals surface area contributed by atoms with Crippen LogP contribution in [0.3, 0.4) is 0 Å². The van der Waals surface area contributed by atoms with E-state index in [9.17, 15) is 9.90 Å². The van der Waals surface area contributed by atoms with E-state index in [0.29, 0.717) is 6.54 Å². The van der Waals surface area contributed by atoms with Crippen LogP contribution < -0.4 is 10.6 Å². The topological polar surface area (TPSA) is 92.1 Å². The molecule has 1 aliphatic heterocycles. The van der Waals surface area contributed by atoms with E-state index < -0.39 is 0 Å². The normalized spacial score (nSPS) is 24.6. The molecule has 7 heteroatoms. The molecular formula is C14H23N5O2. The highest BCUT2D eigenvalue weighted by atomic mass is 16.3. The highest BCUT2D eigenvalue weighted by molar-refractivity contribution is 5.74. The fourth-order valence-corrected chi connectivity index (χ4v) is 3.34. The summed E-state index contributed by atoms with van der Waals surface area (Å²) in [6, 6.07) is -0.108. The van der Waals surface area contributed by atoms with Gasteiger partial charge in [-0.15, -0.1) is 10.2 Å². The summed E-state index contributed by atoms with van der Waals surface area (Å²) in [4.78, 5) is 12.0. The van der Waals surface area contributed by atoms with Gasteiger partial charge in [0, 0.05) is 31.5 Å². The van der Waals surface area contributed by atoms with Crippen molar-refractivity contribution < 1.29 is 9.90 Å². The summed E-state index contributed by atoms with van der Waals surface area (Å²) in [5.41, 5.74) is 0. The first kappa shape index (κ1) is 14.3. The molecule has 2 aliphatic rings. The number of nitrogens with zero attached hydrogens (tertiary/aromatic N) is 3. The number of aryl methyl sites for hydroxylation is 1. The first-order valence-electron chi connectivity index (χ1n) is 7.84. The molecule has 1 aromatic heterocycles. The Balaban J connectivity index is 1.49. The molecule has 2 atom stereocenters. The van der Waals surface area contributed by atoms with E-state index in [4.69, 9.17) is 0 Å². The van der Waals surface area contributed by atoms with Crippen molar-refractivity contribution in [3.63, 3.8) is 0 Å². The van der Waals surface area contributed by atoms with Gasteiger partial charge in [-0.25, -0.2) is 4.79 Å². The second kappa shape index (κ2) is 6.43. The van der Waals surface area contributed by atoms with E-state index in [1.807, 2.05) is 0 Å². The van der Waals surface area contributed by atoms with Gasteiger partial charge < -0.3 is 20.3 Å². The van der Waals surface area contributed by atoms with Crippen LogP contribution in [0.15, 0.2) is 0 Å². The van der Waals surface area contributed by atoms with Crippen LogP contribution in [0.2, 0.25) is 0 Å². The van der Waals surface area contributed by atoms with Crippen LogP contribution in [0.5, 0.6) is 0 Å². The van der Waals surface area contributed by atoms with Crippen LogP contribution in [-0.2, 0) is 19.5 Å². The first-order valence-corrected chi connectivity index (χ1v) is 7.84. The van der Waals surface area contributed by atoms with Gasteiger partial charge in [0.15, 0.2) is 5.82 Å². The predicted octanol–water partition coefficient (Wildman–Crippen LogP) is 0.575. The molecular weight excluding hydrogens is 270 g/mol. The molecule has 2 amide bonds. The second-order valence-electron chi connectivity index (χ2n) is 5.95. The summed E-state index contributed by atoms with van der Waals surface area (Å²) in [5.74, 6) is 2.02. The van der Waals surface area contributed by atoms with E-state index in [1.165, 1.54) is 0 Å². The summed E-state index contributed by atoms with van der Waals surface area (Å²) in [6.07, 6.45) is 6.25. The highest BCUT2D eigenvalue weighted by Gasteiger charge is 2.26. The lowest BCUT2D eigenvalue weighted by Crippen LogP contribution is -2.47. The Kier molecular flexibility index (Phi) is 4.38. The van der Waals surface area contributed by atoms with Gasteiger partial charge in [-0.2, -0.15) is 0 Å². The maximum atomic E-state index is 12.0. The second-order valence-corrected chi connectivity index (χ2v) is 5.95. The molecule has 0 saturated heterocycles. The van der Waals surface area contributed by atoms with Gasteiger partial charge in [0.25, 0.3) is 0 Å². The van der Waals surface area contributed by atoms with Crippen LogP contribution in [-0.4, -0.2) is 38.6 Å². The average Bonchev–Trinajstić information content (AvgIpc) is 3.09. The van der Waals surface area contributed by atoms with E-state index in [0.717, 1.165) is 56.7 Å². The average molecular weight is 293 g/mol. The van der Waals surface area contributed by atoms with E-state index in [-0.39, 0.29) is 24.6 Å². The number of urea groups is 1. The molecule has 0 aromatic carbocycles. The third-order valence-corrected chi connectivity index (χ3v) is 4.55. The zero-order chi connectivity index (χ0) is 14.7. The minimum absolute atomic E-state index is 0.0767. The number of rotatable bonds is 4. The summed E-state index contributed by atoms with van der Waals surface area (Å²) >= 11 is 0. The Morgan fingerprint density at radius 2 is 2.14 bits per heavy atom. The van der Waals surface area contributed by atoms with Crippen LogP contribution in [0.25, 0.3) is 0 Å². The van der Waals surface area contributed by atoms with Crippen molar-refractivity contribution in [2.24, 2.45) is 5.92 Å². The monoisotopic (exact) mass is 293 g/mol. The Morgan fingerprint density at radius 3 is 3.00 bits per heavy atom. The number of carbonyl (C=O) groups is 1. The van der Waals surface area contributed by atoms with Crippen LogP contribution >= 0.6 is 0 Å². The number of carbonyl (C=O) groups excluding carboxylic acids is 1. The fourth-order valence-electron chi connectivity index (χ4n) is 3.34. The van der Waals surface area contributed by atoms with Crippen LogP contribution in [0.1, 0.15) is 43.8 Å². The Hall–Kier alpha value is -1.63. The highest BCUT2D eigenvalue weighted by Crippen LogP contribution is 2.23. The van der Waals surface area contributed by atoms with E-state index >= 15 is 0 Å². The van der Waals surface area contributed by atoms with Crippen LogP contribution in [0, 0.1) is 5.92 Å². The predicted molar refractivity (Wildman–Crippen MR) is 76.5 cm³/mol. The summed E-state index contributed by atoms with van der Waals surface area (Å²) in [6.45, 7) is 1.48. The van der Waals surface area contributed by atoms with Crippen molar-refractivity contribution in [1.82, 2.24) is 25.4 Å². The molecule has 21 heavy (non-hydrogen) atoms. The molecule has 3 N–H and O–H groups in total. The molecule has 2 unspecified atom stereocenters. The zero-order valence-electron chi connectivity index (χ0n) is 12.2. The number of nitrogens with one attached hydrogen (secondary N) is 2. The number of aliphatic hydroxyl groups excluding tert-OH is 1. The minimum Gasteiger partial charge on any atom is -0.396 e. The third kappa shape index (κ3) is 3.18. The molecule has 3 rings (SSSR count). The zero-order valence-corrected chi connectivity index (χ0v) is 12.2. The Morgan fingerprint density at radius 1 is 1.29 bits per heavy atom. The van der Waals surface area contributed by atoms with Crippen molar-refractivity contribution in [3.8, 4) is 0 Å². The van der Waals surface area contributed by atoms with Gasteiger partial charge in [0.2, 0.25) is 0 Å². The van der Waals surface area contributed by atoms with E-state index in [2.05, 4.69) is 25.4 Å². The molecule has 1 aromatic rings. The lowest BCUT2D eigenvalue weighted by molar-refractivity contribution is 0.153. The van der Waals surface area contributed by atoms with E-state index in [1.54, 1.807) is 0 Å². The molecule has 0 radical (unpaired) electrons. The lowest BCUT2D eigenvalue weighted by Gasteiger charge is -2.30. The third-order valence-electron chi connectivity index (χ3n) is 4.55. The fraction of sp³-hybridized carbons (Fsp3) is 0.786. The number of hydrogen-bond acceptors (Lipinski definition) is 4. The van der Waals surface area contributed by atoms with Crippen molar-refractivity contribution >= 4 is 6.03 Å². The molecule has 1 aliphatic carbocycles. The SMILES string of the molecule is O=C(NCc1nnc2n1CCC2)NC1CCCCC1CO. The molecule has 7 nitrogen and oxygen atoms in total. The smallest absolute Gasteiger partial charge is 0.315 e. The Labute approximate surface area is 124 Å². The lowest BCUT2D eigenvalue weighted by atomic mass is 9.85.